The van der Waals surface area contributed by atoms with Crippen LogP contribution in [0.2, 0.25) is 0 Å². The minimum atomic E-state index is -0.385. The summed E-state index contributed by atoms with van der Waals surface area (Å²) in [6.45, 7) is 0.380. The maximum Gasteiger partial charge on any atom is 0.239 e. The molecule has 2 aromatic heterocycles. The normalized spacial score (nSPS) is 10.3. The van der Waals surface area contributed by atoms with Crippen LogP contribution in [0.3, 0.4) is 0 Å². The Hall–Kier alpha value is -3.75. The molecule has 3 rings (SSSR count). The molecule has 9 nitrogen and oxygen atoms in total. The first-order valence-corrected chi connectivity index (χ1v) is 7.80. The quantitative estimate of drug-likeness (QED) is 0.582. The van der Waals surface area contributed by atoms with E-state index in [0.29, 0.717) is 35.5 Å². The molecule has 0 saturated carbocycles. The summed E-state index contributed by atoms with van der Waals surface area (Å²) >= 11 is 0. The highest BCUT2D eigenvalue weighted by molar-refractivity contribution is 5.74. The number of amides is 1. The monoisotopic (exact) mass is 351 g/mol. The van der Waals surface area contributed by atoms with Crippen LogP contribution >= 0.6 is 0 Å². The van der Waals surface area contributed by atoms with Crippen LogP contribution in [0.5, 0.6) is 11.6 Å². The van der Waals surface area contributed by atoms with Gasteiger partial charge in [-0.25, -0.2) is 4.98 Å². The van der Waals surface area contributed by atoms with E-state index < -0.39 is 0 Å². The van der Waals surface area contributed by atoms with Gasteiger partial charge in [-0.05, 0) is 24.3 Å². The van der Waals surface area contributed by atoms with Gasteiger partial charge in [0.2, 0.25) is 11.8 Å². The lowest BCUT2D eigenvalue weighted by molar-refractivity contribution is -0.117. The number of anilines is 2. The van der Waals surface area contributed by atoms with Gasteiger partial charge in [-0.3, -0.25) is 14.8 Å². The molecular weight excluding hydrogens is 334 g/mol. The van der Waals surface area contributed by atoms with Gasteiger partial charge < -0.3 is 21.5 Å². The number of primary amides is 1. The summed E-state index contributed by atoms with van der Waals surface area (Å²) < 4.78 is 5.70. The average molecular weight is 351 g/mol. The second kappa shape index (κ2) is 7.88. The predicted molar refractivity (Wildman–Crippen MR) is 96.3 cm³/mol. The van der Waals surface area contributed by atoms with Crippen LogP contribution in [0.25, 0.3) is 11.3 Å². The van der Waals surface area contributed by atoms with Crippen LogP contribution in [0.1, 0.15) is 6.42 Å². The van der Waals surface area contributed by atoms with Gasteiger partial charge in [-0.2, -0.15) is 4.98 Å². The summed E-state index contributed by atoms with van der Waals surface area (Å²) in [5.41, 5.74) is 12.2. The molecule has 0 atom stereocenters. The zero-order valence-electron chi connectivity index (χ0n) is 13.8. The number of ether oxygens (including phenoxy) is 1. The van der Waals surface area contributed by atoms with E-state index in [9.17, 15) is 4.79 Å². The molecule has 0 unspecified atom stereocenters. The number of nitrogen functional groups attached to an aromatic ring is 1. The van der Waals surface area contributed by atoms with Crippen molar-refractivity contribution in [3.05, 3.63) is 49.1 Å². The molecule has 9 heteroatoms. The standard InChI is InChI=1S/C17H17N7O2/c18-14-8-22-13(7-23-14)11-1-3-12(4-2-11)26-17-10-20-9-16(24-17)21-6-5-15(19)25/h1-4,7-10H,5-6H2,(H2,18,23)(H2,19,25)(H,21,24). The number of carbonyl (C=O) groups is 1. The van der Waals surface area contributed by atoms with Crippen LogP contribution in [-0.2, 0) is 4.79 Å². The van der Waals surface area contributed by atoms with E-state index in [0.717, 1.165) is 5.56 Å². The Kier molecular flexibility index (Phi) is 5.18. The first-order valence-electron chi connectivity index (χ1n) is 7.80. The third-order valence-corrected chi connectivity index (χ3v) is 3.33. The molecule has 0 radical (unpaired) electrons. The Balaban J connectivity index is 1.65. The molecule has 3 aromatic rings. The van der Waals surface area contributed by atoms with Gasteiger partial charge >= 0.3 is 0 Å². The third kappa shape index (κ3) is 4.63. The molecule has 0 bridgehead atoms. The van der Waals surface area contributed by atoms with Crippen molar-refractivity contribution in [2.75, 3.05) is 17.6 Å². The number of hydrogen-bond acceptors (Lipinski definition) is 8. The van der Waals surface area contributed by atoms with E-state index >= 15 is 0 Å². The fraction of sp³-hybridized carbons (Fsp3) is 0.118. The van der Waals surface area contributed by atoms with Gasteiger partial charge in [0.15, 0.2) is 0 Å². The van der Waals surface area contributed by atoms with Gasteiger partial charge in [-0.1, -0.05) is 0 Å². The highest BCUT2D eigenvalue weighted by atomic mass is 16.5. The van der Waals surface area contributed by atoms with Crippen LogP contribution in [0.4, 0.5) is 11.6 Å². The van der Waals surface area contributed by atoms with Crippen molar-refractivity contribution in [1.29, 1.82) is 0 Å². The van der Waals surface area contributed by atoms with E-state index in [1.807, 2.05) is 12.1 Å². The second-order valence-electron chi connectivity index (χ2n) is 5.34. The molecular formula is C17H17N7O2. The fourth-order valence-corrected chi connectivity index (χ4v) is 2.10. The van der Waals surface area contributed by atoms with E-state index in [4.69, 9.17) is 16.2 Å². The summed E-state index contributed by atoms with van der Waals surface area (Å²) in [7, 11) is 0. The minimum Gasteiger partial charge on any atom is -0.437 e. The molecule has 0 fully saturated rings. The molecule has 0 aliphatic carbocycles. The summed E-state index contributed by atoms with van der Waals surface area (Å²) in [6.07, 6.45) is 6.36. The van der Waals surface area contributed by atoms with Crippen molar-refractivity contribution in [2.45, 2.75) is 6.42 Å². The largest absolute Gasteiger partial charge is 0.437 e. The van der Waals surface area contributed by atoms with Crippen molar-refractivity contribution < 1.29 is 9.53 Å². The molecule has 0 aliphatic rings. The average Bonchev–Trinajstić information content (AvgIpc) is 2.63. The van der Waals surface area contributed by atoms with Crippen LogP contribution in [0, 0.1) is 0 Å². The lowest BCUT2D eigenvalue weighted by atomic mass is 10.1. The predicted octanol–water partition coefficient (Wildman–Crippen LogP) is 1.60. The zero-order valence-corrected chi connectivity index (χ0v) is 13.8. The van der Waals surface area contributed by atoms with Crippen molar-refractivity contribution in [2.24, 2.45) is 5.73 Å². The summed E-state index contributed by atoms with van der Waals surface area (Å²) in [6, 6.07) is 7.31. The molecule has 0 spiro atoms. The summed E-state index contributed by atoms with van der Waals surface area (Å²) in [5.74, 6) is 1.41. The molecule has 1 amide bonds. The Morgan fingerprint density at radius 3 is 2.58 bits per heavy atom. The number of carbonyl (C=O) groups excluding carboxylic acids is 1. The Bertz CT molecular complexity index is 882. The van der Waals surface area contributed by atoms with E-state index in [-0.39, 0.29) is 12.3 Å². The van der Waals surface area contributed by atoms with Crippen molar-refractivity contribution >= 4 is 17.5 Å². The Labute approximate surface area is 149 Å². The van der Waals surface area contributed by atoms with Gasteiger partial charge in [-0.15, -0.1) is 0 Å². The van der Waals surface area contributed by atoms with Gasteiger partial charge in [0.05, 0.1) is 30.5 Å². The first kappa shape index (κ1) is 17.1. The molecule has 1 aromatic carbocycles. The van der Waals surface area contributed by atoms with Crippen molar-refractivity contribution in [3.63, 3.8) is 0 Å². The lowest BCUT2D eigenvalue weighted by Gasteiger charge is -2.08. The van der Waals surface area contributed by atoms with E-state index in [1.165, 1.54) is 18.6 Å². The van der Waals surface area contributed by atoms with Crippen LogP contribution < -0.4 is 21.5 Å². The maximum absolute atomic E-state index is 10.8. The van der Waals surface area contributed by atoms with Crippen molar-refractivity contribution in [1.82, 2.24) is 19.9 Å². The van der Waals surface area contributed by atoms with Crippen molar-refractivity contribution in [3.8, 4) is 22.9 Å². The lowest BCUT2D eigenvalue weighted by Crippen LogP contribution is -2.16. The smallest absolute Gasteiger partial charge is 0.239 e. The van der Waals surface area contributed by atoms with E-state index in [2.05, 4.69) is 25.3 Å². The summed E-state index contributed by atoms with van der Waals surface area (Å²) in [5, 5.41) is 2.96. The highest BCUT2D eigenvalue weighted by Crippen LogP contribution is 2.24. The number of nitrogens with one attached hydrogen (secondary N) is 1. The molecule has 26 heavy (non-hydrogen) atoms. The molecule has 5 N–H and O–H groups in total. The second-order valence-corrected chi connectivity index (χ2v) is 5.34. The number of hydrogen-bond donors (Lipinski definition) is 3. The SMILES string of the molecule is NC(=O)CCNc1cncc(Oc2ccc(-c3cnc(N)cn3)cc2)n1. The first-order chi connectivity index (χ1) is 12.6. The van der Waals surface area contributed by atoms with Gasteiger partial charge in [0, 0.05) is 18.5 Å². The minimum absolute atomic E-state index is 0.211. The van der Waals surface area contributed by atoms with Gasteiger partial charge in [0.25, 0.3) is 0 Å². The molecule has 2 heterocycles. The zero-order chi connectivity index (χ0) is 18.4. The topological polar surface area (TPSA) is 142 Å². The summed E-state index contributed by atoms with van der Waals surface area (Å²) in [4.78, 5) is 27.3. The number of benzene rings is 1. The van der Waals surface area contributed by atoms with Crippen LogP contribution in [0.15, 0.2) is 49.1 Å². The highest BCUT2D eigenvalue weighted by Gasteiger charge is 2.04. The number of nitrogens with two attached hydrogens (primary N) is 2. The molecule has 0 aliphatic heterocycles. The molecule has 132 valence electrons. The Morgan fingerprint density at radius 2 is 1.88 bits per heavy atom. The number of nitrogens with zero attached hydrogens (tertiary/aromatic N) is 4. The Morgan fingerprint density at radius 1 is 1.08 bits per heavy atom. The maximum atomic E-state index is 10.8. The van der Waals surface area contributed by atoms with E-state index in [1.54, 1.807) is 18.3 Å². The molecule has 0 saturated heterocycles. The van der Waals surface area contributed by atoms with Crippen LogP contribution in [-0.4, -0.2) is 32.4 Å². The fourth-order valence-electron chi connectivity index (χ4n) is 2.10. The van der Waals surface area contributed by atoms with Gasteiger partial charge in [0.1, 0.15) is 17.4 Å². The number of aromatic nitrogens is 4. The third-order valence-electron chi connectivity index (χ3n) is 3.33. The number of rotatable bonds is 7.